The molecule has 0 amide bonds. The second-order valence-electron chi connectivity index (χ2n) is 3.88. The second-order valence-corrected chi connectivity index (χ2v) is 5.68. The zero-order valence-electron chi connectivity index (χ0n) is 10.2. The van der Waals surface area contributed by atoms with Crippen molar-refractivity contribution in [1.29, 1.82) is 0 Å². The van der Waals surface area contributed by atoms with Gasteiger partial charge in [0, 0.05) is 0 Å². The van der Waals surface area contributed by atoms with Gasteiger partial charge in [-0.2, -0.15) is 0 Å². The van der Waals surface area contributed by atoms with Crippen molar-refractivity contribution in [2.45, 2.75) is 12.1 Å². The molecule has 0 saturated heterocycles. The molecule has 0 bridgehead atoms. The van der Waals surface area contributed by atoms with E-state index in [0.29, 0.717) is 11.3 Å². The summed E-state index contributed by atoms with van der Waals surface area (Å²) in [5.41, 5.74) is 0.454. The van der Waals surface area contributed by atoms with Gasteiger partial charge in [0.2, 0.25) is 0 Å². The molecule has 0 saturated carbocycles. The molecule has 0 radical (unpaired) electrons. The number of benzene rings is 1. The van der Waals surface area contributed by atoms with Gasteiger partial charge < -0.3 is 5.11 Å². The number of halogens is 2. The summed E-state index contributed by atoms with van der Waals surface area (Å²) >= 11 is 3.96. The summed E-state index contributed by atoms with van der Waals surface area (Å²) in [6.07, 6.45) is 0. The molecule has 0 aliphatic carbocycles. The van der Waals surface area contributed by atoms with Crippen LogP contribution in [0.4, 0.5) is 4.39 Å². The lowest BCUT2D eigenvalue weighted by molar-refractivity contribution is -0.133. The highest BCUT2D eigenvalue weighted by molar-refractivity contribution is 9.10. The molecule has 106 valence electrons. The third-order valence-electron chi connectivity index (χ3n) is 2.45. The van der Waals surface area contributed by atoms with Gasteiger partial charge in [-0.3, -0.25) is 4.79 Å². The maximum absolute atomic E-state index is 13.4. The zero-order valence-corrected chi connectivity index (χ0v) is 12.6. The molecule has 1 aromatic heterocycles. The van der Waals surface area contributed by atoms with Crippen LogP contribution in [0.3, 0.4) is 0 Å². The summed E-state index contributed by atoms with van der Waals surface area (Å²) in [6.45, 7) is 1.65. The normalized spacial score (nSPS) is 10.8. The lowest BCUT2D eigenvalue weighted by atomic mass is 10.2. The minimum atomic E-state index is -1.02. The van der Waals surface area contributed by atoms with Gasteiger partial charge in [-0.15, -0.1) is 5.10 Å². The average molecular weight is 362 g/mol. The number of H-pyrrole nitrogens is 1. The average Bonchev–Trinajstić information content (AvgIpc) is 2.73. The molecule has 9 heteroatoms. The fourth-order valence-corrected chi connectivity index (χ4v) is 2.60. The number of nitrogens with zero attached hydrogens (tertiary/aromatic N) is 2. The van der Waals surface area contributed by atoms with E-state index in [4.69, 9.17) is 5.11 Å². The molecule has 0 aliphatic heterocycles. The largest absolute Gasteiger partial charge is 0.481 e. The number of aryl methyl sites for hydroxylation is 1. The highest BCUT2D eigenvalue weighted by Crippen LogP contribution is 2.25. The number of rotatable bonds is 4. The summed E-state index contributed by atoms with van der Waals surface area (Å²) in [6, 6.07) is 2.73. The molecular weight excluding hydrogens is 353 g/mol. The van der Waals surface area contributed by atoms with E-state index < -0.39 is 17.5 Å². The Bertz CT molecular complexity index is 728. The van der Waals surface area contributed by atoms with Crippen molar-refractivity contribution in [3.05, 3.63) is 38.5 Å². The molecule has 0 unspecified atom stereocenters. The number of carbonyl (C=O) groups is 1. The van der Waals surface area contributed by atoms with Crippen molar-refractivity contribution < 1.29 is 14.3 Å². The first-order valence-corrected chi connectivity index (χ1v) is 7.16. The van der Waals surface area contributed by atoms with E-state index in [1.165, 1.54) is 16.7 Å². The smallest absolute Gasteiger partial charge is 0.348 e. The molecule has 1 heterocycles. The lowest BCUT2D eigenvalue weighted by Crippen LogP contribution is -2.17. The van der Waals surface area contributed by atoms with Gasteiger partial charge in [-0.25, -0.2) is 18.9 Å². The van der Waals surface area contributed by atoms with E-state index in [9.17, 15) is 14.0 Å². The van der Waals surface area contributed by atoms with Crippen LogP contribution in [0.15, 0.2) is 26.6 Å². The number of carboxylic acids is 1. The van der Waals surface area contributed by atoms with Crippen molar-refractivity contribution in [1.82, 2.24) is 14.8 Å². The number of thioether (sulfide) groups is 1. The predicted octanol–water partition coefficient (Wildman–Crippen LogP) is 1.95. The Labute approximate surface area is 125 Å². The van der Waals surface area contributed by atoms with E-state index in [1.807, 2.05) is 0 Å². The van der Waals surface area contributed by atoms with Crippen LogP contribution in [-0.4, -0.2) is 31.6 Å². The number of aromatic nitrogens is 3. The highest BCUT2D eigenvalue weighted by atomic mass is 79.9. The second kappa shape index (κ2) is 5.80. The van der Waals surface area contributed by atoms with E-state index in [2.05, 4.69) is 26.1 Å². The third-order valence-corrected chi connectivity index (χ3v) is 3.98. The number of aromatic amines is 1. The van der Waals surface area contributed by atoms with Crippen molar-refractivity contribution in [3.8, 4) is 5.69 Å². The molecular formula is C11H9BrFN3O3S. The molecule has 0 aliphatic rings. The topological polar surface area (TPSA) is 88.0 Å². The van der Waals surface area contributed by atoms with Crippen molar-refractivity contribution in [3.63, 3.8) is 0 Å². The van der Waals surface area contributed by atoms with Crippen LogP contribution in [0.25, 0.3) is 5.69 Å². The Morgan fingerprint density at radius 3 is 2.95 bits per heavy atom. The van der Waals surface area contributed by atoms with E-state index in [-0.39, 0.29) is 15.4 Å². The first-order valence-electron chi connectivity index (χ1n) is 5.38. The lowest BCUT2D eigenvalue weighted by Gasteiger charge is -2.09. The van der Waals surface area contributed by atoms with Crippen molar-refractivity contribution in [2.24, 2.45) is 0 Å². The van der Waals surface area contributed by atoms with Crippen LogP contribution in [0, 0.1) is 12.7 Å². The minimum Gasteiger partial charge on any atom is -0.481 e. The maximum atomic E-state index is 13.4. The molecule has 1 aromatic carbocycles. The Hall–Kier alpha value is -1.61. The Morgan fingerprint density at radius 2 is 2.30 bits per heavy atom. The summed E-state index contributed by atoms with van der Waals surface area (Å²) in [7, 11) is 0. The van der Waals surface area contributed by atoms with Crippen LogP contribution in [0.5, 0.6) is 0 Å². The van der Waals surface area contributed by atoms with Gasteiger partial charge in [-0.1, -0.05) is 11.8 Å². The van der Waals surface area contributed by atoms with E-state index >= 15 is 0 Å². The molecule has 2 N–H and O–H groups in total. The fourth-order valence-electron chi connectivity index (χ4n) is 1.59. The molecule has 0 atom stereocenters. The van der Waals surface area contributed by atoms with E-state index in [1.54, 1.807) is 6.92 Å². The molecule has 2 rings (SSSR count). The maximum Gasteiger partial charge on any atom is 0.348 e. The SMILES string of the molecule is Cc1cc(F)c(Br)cc1-n1c(SCC(=O)O)n[nH]c1=O. The molecule has 20 heavy (non-hydrogen) atoms. The molecule has 0 fully saturated rings. The van der Waals surface area contributed by atoms with E-state index in [0.717, 1.165) is 11.8 Å². The van der Waals surface area contributed by atoms with Crippen LogP contribution < -0.4 is 5.69 Å². The number of aliphatic carboxylic acids is 1. The first kappa shape index (κ1) is 14.8. The summed E-state index contributed by atoms with van der Waals surface area (Å²) < 4.78 is 14.8. The zero-order chi connectivity index (χ0) is 14.9. The predicted molar refractivity (Wildman–Crippen MR) is 74.9 cm³/mol. The third kappa shape index (κ3) is 2.93. The van der Waals surface area contributed by atoms with Crippen LogP contribution in [0.2, 0.25) is 0 Å². The van der Waals surface area contributed by atoms with Gasteiger partial charge >= 0.3 is 11.7 Å². The molecule has 0 spiro atoms. The van der Waals surface area contributed by atoms with Crippen molar-refractivity contribution in [2.75, 3.05) is 5.75 Å². The van der Waals surface area contributed by atoms with Crippen LogP contribution in [-0.2, 0) is 4.79 Å². The first-order chi connectivity index (χ1) is 9.40. The van der Waals surface area contributed by atoms with Gasteiger partial charge in [0.05, 0.1) is 15.9 Å². The Morgan fingerprint density at radius 1 is 1.60 bits per heavy atom. The molecule has 2 aromatic rings. The summed E-state index contributed by atoms with van der Waals surface area (Å²) in [5, 5.41) is 14.9. The fraction of sp³-hybridized carbons (Fsp3) is 0.182. The molecule has 6 nitrogen and oxygen atoms in total. The summed E-state index contributed by atoms with van der Waals surface area (Å²) in [5.74, 6) is -1.69. The van der Waals surface area contributed by atoms with Gasteiger partial charge in [0.1, 0.15) is 5.82 Å². The van der Waals surface area contributed by atoms with Crippen molar-refractivity contribution >= 4 is 33.7 Å². The minimum absolute atomic E-state index is 0.207. The number of hydrogen-bond donors (Lipinski definition) is 2. The monoisotopic (exact) mass is 361 g/mol. The summed E-state index contributed by atoms with van der Waals surface area (Å²) in [4.78, 5) is 22.4. The Balaban J connectivity index is 2.52. The standard InChI is InChI=1S/C11H9BrFN3O3S/c1-5-2-7(13)6(12)3-8(5)16-10(19)14-15-11(16)20-4-9(17)18/h2-3H,4H2,1H3,(H,14,19)(H,17,18). The van der Waals surface area contributed by atoms with Crippen LogP contribution >= 0.6 is 27.7 Å². The van der Waals surface area contributed by atoms with Gasteiger partial charge in [0.15, 0.2) is 5.16 Å². The highest BCUT2D eigenvalue weighted by Gasteiger charge is 2.16. The number of nitrogens with one attached hydrogen (secondary N) is 1. The number of hydrogen-bond acceptors (Lipinski definition) is 4. The quantitative estimate of drug-likeness (QED) is 0.812. The van der Waals surface area contributed by atoms with Gasteiger partial charge in [0.25, 0.3) is 0 Å². The van der Waals surface area contributed by atoms with Gasteiger partial charge in [-0.05, 0) is 40.5 Å². The van der Waals surface area contributed by atoms with Crippen LogP contribution in [0.1, 0.15) is 5.56 Å². The number of carboxylic acid groups (broad SMARTS) is 1. The Kier molecular flexibility index (Phi) is 4.29.